The minimum Gasteiger partial charge on any atom is -0.118 e. The molecule has 0 aromatic rings. The van der Waals surface area contributed by atoms with E-state index in [1.165, 1.54) is 0 Å². The van der Waals surface area contributed by atoms with Crippen LogP contribution < -0.4 is 0 Å². The summed E-state index contributed by atoms with van der Waals surface area (Å²) in [6, 6.07) is 0. The number of rotatable bonds is 3. The van der Waals surface area contributed by atoms with Gasteiger partial charge in [0.1, 0.15) is 0 Å². The van der Waals surface area contributed by atoms with Gasteiger partial charge in [0.15, 0.2) is 0 Å². The largest absolute Gasteiger partial charge is 0.118 e. The second kappa shape index (κ2) is 3.96. The average molecular weight is 133 g/mol. The molecule has 0 saturated carbocycles. The Labute approximate surface area is 56.5 Å². The van der Waals surface area contributed by atoms with Crippen LogP contribution in [0.2, 0.25) is 0 Å². The normalized spacial score (nSPS) is 13.4. The van der Waals surface area contributed by atoms with E-state index in [4.69, 9.17) is 11.6 Å². The molecule has 0 aromatic carbocycles. The van der Waals surface area contributed by atoms with Crippen LogP contribution in [0.15, 0.2) is 12.2 Å². The van der Waals surface area contributed by atoms with Gasteiger partial charge in [-0.15, -0.1) is 11.6 Å². The van der Waals surface area contributed by atoms with E-state index in [-0.39, 0.29) is 5.38 Å². The van der Waals surface area contributed by atoms with E-state index < -0.39 is 0 Å². The molecule has 0 N–H and O–H groups in total. The third-order valence-corrected chi connectivity index (χ3v) is 1.67. The fourth-order valence-electron chi connectivity index (χ4n) is 0.500. The Morgan fingerprint density at radius 3 is 2.38 bits per heavy atom. The lowest BCUT2D eigenvalue weighted by Crippen LogP contribution is -1.96. The molecule has 0 bridgehead atoms. The summed E-state index contributed by atoms with van der Waals surface area (Å²) in [5.41, 5.74) is 1.08. The Kier molecular flexibility index (Phi) is 3.98. The molecule has 0 aliphatic heterocycles. The molecular weight excluding hydrogens is 120 g/mol. The maximum absolute atomic E-state index is 5.82. The summed E-state index contributed by atoms with van der Waals surface area (Å²) in [6.07, 6.45) is 2.19. The van der Waals surface area contributed by atoms with Crippen molar-refractivity contribution in [2.45, 2.75) is 32.1 Å². The van der Waals surface area contributed by atoms with Crippen LogP contribution in [0.25, 0.3) is 0 Å². The Hall–Kier alpha value is 0.0300. The molecule has 0 nitrogen and oxygen atoms in total. The van der Waals surface area contributed by atoms with E-state index in [0.717, 1.165) is 18.4 Å². The van der Waals surface area contributed by atoms with Crippen LogP contribution in [0.1, 0.15) is 26.7 Å². The molecular formula is C7H13Cl. The molecule has 0 spiro atoms. The van der Waals surface area contributed by atoms with Crippen LogP contribution in [0.4, 0.5) is 0 Å². The summed E-state index contributed by atoms with van der Waals surface area (Å²) in [4.78, 5) is 0. The highest BCUT2D eigenvalue weighted by molar-refractivity contribution is 6.22. The zero-order valence-corrected chi connectivity index (χ0v) is 6.33. The van der Waals surface area contributed by atoms with Crippen LogP contribution >= 0.6 is 11.6 Å². The van der Waals surface area contributed by atoms with Crippen molar-refractivity contribution in [2.24, 2.45) is 0 Å². The predicted octanol–water partition coefficient (Wildman–Crippen LogP) is 2.97. The van der Waals surface area contributed by atoms with Crippen molar-refractivity contribution in [3.05, 3.63) is 12.2 Å². The summed E-state index contributed by atoms with van der Waals surface area (Å²) in [5, 5.41) is 0.194. The Bertz CT molecular complexity index is 76.5. The first-order valence-electron chi connectivity index (χ1n) is 2.98. The van der Waals surface area contributed by atoms with E-state index in [9.17, 15) is 0 Å². The molecule has 48 valence electrons. The van der Waals surface area contributed by atoms with Crippen LogP contribution in [0.5, 0.6) is 0 Å². The van der Waals surface area contributed by atoms with E-state index >= 15 is 0 Å². The van der Waals surface area contributed by atoms with Crippen molar-refractivity contribution < 1.29 is 0 Å². The zero-order chi connectivity index (χ0) is 6.57. The van der Waals surface area contributed by atoms with Gasteiger partial charge in [0.2, 0.25) is 0 Å². The lowest BCUT2D eigenvalue weighted by atomic mass is 10.1. The van der Waals surface area contributed by atoms with Crippen molar-refractivity contribution >= 4 is 11.6 Å². The second-order valence-corrected chi connectivity index (χ2v) is 2.63. The number of hydrogen-bond donors (Lipinski definition) is 0. The second-order valence-electron chi connectivity index (χ2n) is 2.10. The van der Waals surface area contributed by atoms with E-state index in [1.807, 2.05) is 6.92 Å². The van der Waals surface area contributed by atoms with Crippen molar-refractivity contribution in [2.75, 3.05) is 0 Å². The quantitative estimate of drug-likeness (QED) is 0.409. The van der Waals surface area contributed by atoms with Crippen LogP contribution in [0.3, 0.4) is 0 Å². The third kappa shape index (κ3) is 3.09. The SMILES string of the molecule is C=C(C)C(Cl)CCC. The highest BCUT2D eigenvalue weighted by atomic mass is 35.5. The van der Waals surface area contributed by atoms with E-state index in [0.29, 0.717) is 0 Å². The maximum atomic E-state index is 5.82. The Morgan fingerprint density at radius 2 is 2.25 bits per heavy atom. The fourth-order valence-corrected chi connectivity index (χ4v) is 0.718. The smallest absolute Gasteiger partial charge is 0.0539 e. The fraction of sp³-hybridized carbons (Fsp3) is 0.714. The van der Waals surface area contributed by atoms with Gasteiger partial charge in [0.05, 0.1) is 5.38 Å². The Balaban J connectivity index is 3.32. The van der Waals surface area contributed by atoms with Crippen molar-refractivity contribution in [1.29, 1.82) is 0 Å². The number of hydrogen-bond acceptors (Lipinski definition) is 0. The van der Waals surface area contributed by atoms with Crippen LogP contribution in [-0.4, -0.2) is 5.38 Å². The summed E-state index contributed by atoms with van der Waals surface area (Å²) in [5.74, 6) is 0. The molecule has 0 saturated heterocycles. The molecule has 1 heteroatoms. The number of halogens is 1. The Morgan fingerprint density at radius 1 is 1.75 bits per heavy atom. The molecule has 1 unspecified atom stereocenters. The van der Waals surface area contributed by atoms with Crippen molar-refractivity contribution in [1.82, 2.24) is 0 Å². The molecule has 0 aromatic heterocycles. The molecule has 8 heavy (non-hydrogen) atoms. The molecule has 0 radical (unpaired) electrons. The number of allylic oxidation sites excluding steroid dienone is 1. The molecule has 0 heterocycles. The van der Waals surface area contributed by atoms with Crippen molar-refractivity contribution in [3.63, 3.8) is 0 Å². The van der Waals surface area contributed by atoms with Gasteiger partial charge in [-0.2, -0.15) is 0 Å². The average Bonchev–Trinajstić information content (AvgIpc) is 1.67. The molecule has 0 amide bonds. The summed E-state index contributed by atoms with van der Waals surface area (Å²) >= 11 is 5.82. The van der Waals surface area contributed by atoms with Crippen LogP contribution in [-0.2, 0) is 0 Å². The highest BCUT2D eigenvalue weighted by Crippen LogP contribution is 2.12. The third-order valence-electron chi connectivity index (χ3n) is 1.08. The standard InChI is InChI=1S/C7H13Cl/c1-4-5-7(8)6(2)3/h7H,2,4-5H2,1,3H3. The zero-order valence-electron chi connectivity index (χ0n) is 5.58. The summed E-state index contributed by atoms with van der Waals surface area (Å²) in [6.45, 7) is 7.83. The topological polar surface area (TPSA) is 0 Å². The first-order chi connectivity index (χ1) is 3.68. The van der Waals surface area contributed by atoms with Gasteiger partial charge < -0.3 is 0 Å². The first-order valence-corrected chi connectivity index (χ1v) is 3.41. The summed E-state index contributed by atoms with van der Waals surface area (Å²) in [7, 11) is 0. The van der Waals surface area contributed by atoms with Gasteiger partial charge >= 0.3 is 0 Å². The predicted molar refractivity (Wildman–Crippen MR) is 39.4 cm³/mol. The lowest BCUT2D eigenvalue weighted by Gasteiger charge is -2.04. The van der Waals surface area contributed by atoms with Gasteiger partial charge in [-0.3, -0.25) is 0 Å². The minimum atomic E-state index is 0.194. The van der Waals surface area contributed by atoms with Gasteiger partial charge in [-0.05, 0) is 13.3 Å². The first kappa shape index (κ1) is 8.03. The molecule has 0 aliphatic carbocycles. The highest BCUT2D eigenvalue weighted by Gasteiger charge is 2.00. The molecule has 1 atom stereocenters. The van der Waals surface area contributed by atoms with Gasteiger partial charge in [0.25, 0.3) is 0 Å². The monoisotopic (exact) mass is 132 g/mol. The number of alkyl halides is 1. The maximum Gasteiger partial charge on any atom is 0.0539 e. The molecule has 0 rings (SSSR count). The van der Waals surface area contributed by atoms with Gasteiger partial charge in [0, 0.05) is 0 Å². The van der Waals surface area contributed by atoms with E-state index in [1.54, 1.807) is 0 Å². The van der Waals surface area contributed by atoms with Gasteiger partial charge in [-0.25, -0.2) is 0 Å². The van der Waals surface area contributed by atoms with Crippen molar-refractivity contribution in [3.8, 4) is 0 Å². The van der Waals surface area contributed by atoms with Crippen LogP contribution in [0, 0.1) is 0 Å². The molecule has 0 aliphatic rings. The lowest BCUT2D eigenvalue weighted by molar-refractivity contribution is 0.796. The minimum absolute atomic E-state index is 0.194. The molecule has 0 fully saturated rings. The van der Waals surface area contributed by atoms with E-state index in [2.05, 4.69) is 13.5 Å². The summed E-state index contributed by atoms with van der Waals surface area (Å²) < 4.78 is 0. The van der Waals surface area contributed by atoms with Gasteiger partial charge in [-0.1, -0.05) is 25.5 Å².